The fourth-order valence-electron chi connectivity index (χ4n) is 2.70. The van der Waals surface area contributed by atoms with Crippen molar-refractivity contribution in [2.75, 3.05) is 26.2 Å². The van der Waals surface area contributed by atoms with E-state index in [4.69, 9.17) is 0 Å². The Morgan fingerprint density at radius 3 is 2.74 bits per heavy atom. The Hall–Kier alpha value is -0.450. The summed E-state index contributed by atoms with van der Waals surface area (Å²) in [7, 11) is 0. The second-order valence-corrected chi connectivity index (χ2v) is 6.03. The predicted molar refractivity (Wildman–Crippen MR) is 80.8 cm³/mol. The van der Waals surface area contributed by atoms with Gasteiger partial charge in [-0.15, -0.1) is 0 Å². The second kappa shape index (κ2) is 7.36. The summed E-state index contributed by atoms with van der Waals surface area (Å²) in [4.78, 5) is 2.42. The lowest BCUT2D eigenvalue weighted by atomic mass is 9.98. The van der Waals surface area contributed by atoms with Crippen LogP contribution in [0.3, 0.4) is 0 Å². The SMILES string of the molecule is CCCC[C@@H](c1ccc(Br)cc1F)N1CCNCC1. The molecule has 1 heterocycles. The Kier molecular flexibility index (Phi) is 5.79. The summed E-state index contributed by atoms with van der Waals surface area (Å²) in [6, 6.07) is 5.67. The smallest absolute Gasteiger partial charge is 0.129 e. The highest BCUT2D eigenvalue weighted by molar-refractivity contribution is 9.10. The van der Waals surface area contributed by atoms with E-state index in [1.54, 1.807) is 6.07 Å². The zero-order valence-electron chi connectivity index (χ0n) is 11.5. The van der Waals surface area contributed by atoms with Gasteiger partial charge in [-0.05, 0) is 18.6 Å². The average Bonchev–Trinajstić information content (AvgIpc) is 2.42. The molecule has 1 aliphatic rings. The second-order valence-electron chi connectivity index (χ2n) is 5.11. The summed E-state index contributed by atoms with van der Waals surface area (Å²) in [5.41, 5.74) is 0.846. The molecule has 1 aromatic carbocycles. The molecule has 1 fully saturated rings. The van der Waals surface area contributed by atoms with Gasteiger partial charge in [-0.3, -0.25) is 4.90 Å². The number of nitrogens with one attached hydrogen (secondary N) is 1. The lowest BCUT2D eigenvalue weighted by Crippen LogP contribution is -2.45. The molecule has 0 amide bonds. The number of nitrogens with zero attached hydrogens (tertiary/aromatic N) is 1. The number of benzene rings is 1. The van der Waals surface area contributed by atoms with Crippen LogP contribution in [0.15, 0.2) is 22.7 Å². The Morgan fingerprint density at radius 1 is 1.37 bits per heavy atom. The topological polar surface area (TPSA) is 15.3 Å². The van der Waals surface area contributed by atoms with E-state index in [9.17, 15) is 4.39 Å². The maximum atomic E-state index is 14.2. The van der Waals surface area contributed by atoms with Crippen LogP contribution in [-0.2, 0) is 0 Å². The third kappa shape index (κ3) is 4.01. The minimum absolute atomic E-state index is 0.0889. The molecule has 0 saturated carbocycles. The first-order valence-electron chi connectivity index (χ1n) is 7.12. The first-order valence-corrected chi connectivity index (χ1v) is 7.91. The zero-order valence-corrected chi connectivity index (χ0v) is 13.0. The molecule has 1 atom stereocenters. The highest BCUT2D eigenvalue weighted by atomic mass is 79.9. The van der Waals surface area contributed by atoms with Gasteiger partial charge in [0, 0.05) is 42.3 Å². The molecule has 1 N–H and O–H groups in total. The van der Waals surface area contributed by atoms with Crippen molar-refractivity contribution in [1.82, 2.24) is 10.2 Å². The Balaban J connectivity index is 2.19. The van der Waals surface area contributed by atoms with Crippen LogP contribution < -0.4 is 5.32 Å². The lowest BCUT2D eigenvalue weighted by Gasteiger charge is -2.35. The molecule has 1 saturated heterocycles. The predicted octanol–water partition coefficient (Wildman–Crippen LogP) is 3.72. The van der Waals surface area contributed by atoms with Crippen molar-refractivity contribution < 1.29 is 4.39 Å². The van der Waals surface area contributed by atoms with Crippen molar-refractivity contribution >= 4 is 15.9 Å². The molecule has 1 aliphatic heterocycles. The molecule has 0 unspecified atom stereocenters. The third-order valence-corrected chi connectivity index (χ3v) is 4.24. The van der Waals surface area contributed by atoms with Crippen molar-refractivity contribution in [1.29, 1.82) is 0 Å². The van der Waals surface area contributed by atoms with E-state index in [2.05, 4.69) is 33.1 Å². The number of hydrogen-bond acceptors (Lipinski definition) is 2. The van der Waals surface area contributed by atoms with Crippen molar-refractivity contribution in [2.45, 2.75) is 32.2 Å². The van der Waals surface area contributed by atoms with Crippen molar-refractivity contribution in [3.63, 3.8) is 0 Å². The van der Waals surface area contributed by atoms with Crippen molar-refractivity contribution in [3.8, 4) is 0 Å². The molecule has 0 aromatic heterocycles. The minimum Gasteiger partial charge on any atom is -0.314 e. The average molecular weight is 329 g/mol. The fraction of sp³-hybridized carbons (Fsp3) is 0.600. The monoisotopic (exact) mass is 328 g/mol. The fourth-order valence-corrected chi connectivity index (χ4v) is 3.03. The number of rotatable bonds is 5. The molecule has 2 rings (SSSR count). The summed E-state index contributed by atoms with van der Waals surface area (Å²) < 4.78 is 15.0. The van der Waals surface area contributed by atoms with E-state index in [-0.39, 0.29) is 11.9 Å². The van der Waals surface area contributed by atoms with Gasteiger partial charge in [0.15, 0.2) is 0 Å². The molecule has 4 heteroatoms. The van der Waals surface area contributed by atoms with Crippen LogP contribution in [0, 0.1) is 5.82 Å². The summed E-state index contributed by atoms with van der Waals surface area (Å²) >= 11 is 3.33. The van der Waals surface area contributed by atoms with Crippen molar-refractivity contribution in [2.24, 2.45) is 0 Å². The van der Waals surface area contributed by atoms with Gasteiger partial charge in [0.1, 0.15) is 5.82 Å². The Morgan fingerprint density at radius 2 is 2.11 bits per heavy atom. The number of unbranched alkanes of at least 4 members (excludes halogenated alkanes) is 1. The van der Waals surface area contributed by atoms with E-state index in [1.807, 2.05) is 12.1 Å². The molecule has 2 nitrogen and oxygen atoms in total. The first kappa shape index (κ1) is 14.9. The van der Waals surface area contributed by atoms with Crippen LogP contribution in [-0.4, -0.2) is 31.1 Å². The number of halogens is 2. The van der Waals surface area contributed by atoms with Crippen LogP contribution in [0.4, 0.5) is 4.39 Å². The van der Waals surface area contributed by atoms with E-state index < -0.39 is 0 Å². The van der Waals surface area contributed by atoms with Crippen molar-refractivity contribution in [3.05, 3.63) is 34.1 Å². The standard InChI is InChI=1S/C15H22BrFN2/c1-2-3-4-15(19-9-7-18-8-10-19)13-6-5-12(16)11-14(13)17/h5-6,11,15,18H,2-4,7-10H2,1H3/t15-/m0/s1. The van der Waals surface area contributed by atoms with Crippen LogP contribution >= 0.6 is 15.9 Å². The Labute approximate surface area is 123 Å². The van der Waals surface area contributed by atoms with Gasteiger partial charge < -0.3 is 5.32 Å². The summed E-state index contributed by atoms with van der Waals surface area (Å²) in [5, 5.41) is 3.36. The molecule has 0 aliphatic carbocycles. The van der Waals surface area contributed by atoms with Gasteiger partial charge in [0.05, 0.1) is 0 Å². The van der Waals surface area contributed by atoms with Crippen LogP contribution in [0.1, 0.15) is 37.8 Å². The van der Waals surface area contributed by atoms with Gasteiger partial charge in [-0.2, -0.15) is 0 Å². The molecule has 19 heavy (non-hydrogen) atoms. The van der Waals surface area contributed by atoms with E-state index in [0.717, 1.165) is 55.5 Å². The maximum Gasteiger partial charge on any atom is 0.129 e. The van der Waals surface area contributed by atoms with E-state index >= 15 is 0 Å². The quantitative estimate of drug-likeness (QED) is 0.886. The lowest BCUT2D eigenvalue weighted by molar-refractivity contribution is 0.160. The summed E-state index contributed by atoms with van der Waals surface area (Å²) in [6.07, 6.45) is 3.33. The molecule has 106 valence electrons. The normalized spacial score (nSPS) is 18.5. The molecular formula is C15H22BrFN2. The van der Waals surface area contributed by atoms with Crippen LogP contribution in [0.2, 0.25) is 0 Å². The third-order valence-electron chi connectivity index (χ3n) is 3.74. The van der Waals surface area contributed by atoms with Gasteiger partial charge in [0.25, 0.3) is 0 Å². The van der Waals surface area contributed by atoms with Crippen LogP contribution in [0.5, 0.6) is 0 Å². The zero-order chi connectivity index (χ0) is 13.7. The summed E-state index contributed by atoms with van der Waals surface area (Å²) in [6.45, 7) is 6.20. The molecule has 0 radical (unpaired) electrons. The molecule has 0 spiro atoms. The van der Waals surface area contributed by atoms with Crippen LogP contribution in [0.25, 0.3) is 0 Å². The highest BCUT2D eigenvalue weighted by Gasteiger charge is 2.24. The minimum atomic E-state index is -0.0889. The van der Waals surface area contributed by atoms with Gasteiger partial charge in [-0.25, -0.2) is 4.39 Å². The molecule has 1 aromatic rings. The maximum absolute atomic E-state index is 14.2. The highest BCUT2D eigenvalue weighted by Crippen LogP contribution is 2.30. The van der Waals surface area contributed by atoms with E-state index in [0.29, 0.717) is 0 Å². The largest absolute Gasteiger partial charge is 0.314 e. The Bertz CT molecular complexity index is 405. The number of hydrogen-bond donors (Lipinski definition) is 1. The van der Waals surface area contributed by atoms with E-state index in [1.165, 1.54) is 0 Å². The molecule has 0 bridgehead atoms. The molecular weight excluding hydrogens is 307 g/mol. The summed E-state index contributed by atoms with van der Waals surface area (Å²) in [5.74, 6) is -0.0889. The van der Waals surface area contributed by atoms with Gasteiger partial charge in [0.2, 0.25) is 0 Å². The van der Waals surface area contributed by atoms with Gasteiger partial charge >= 0.3 is 0 Å². The van der Waals surface area contributed by atoms with Gasteiger partial charge in [-0.1, -0.05) is 41.8 Å². The first-order chi connectivity index (χ1) is 9.22. The number of piperazine rings is 1.